The lowest BCUT2D eigenvalue weighted by Gasteiger charge is -2.39. The molecule has 3 amide bonds. The minimum absolute atomic E-state index is 0.0767. The Morgan fingerprint density at radius 2 is 1.57 bits per heavy atom. The SMILES string of the molecule is Cc1ccc(-n2nc(C(C)(C)C)cc2NC(=O)Nc2ccc(CC3CC4CCC(C3)N4C(=O)c3cccc(NC(N)=S)c3)cc2)cc1. The maximum Gasteiger partial charge on any atom is 0.324 e. The number of benzene rings is 3. The van der Waals surface area contributed by atoms with Gasteiger partial charge in [-0.3, -0.25) is 10.1 Å². The summed E-state index contributed by atoms with van der Waals surface area (Å²) < 4.78 is 1.78. The Hall–Kier alpha value is -4.70. The maximum atomic E-state index is 13.5. The van der Waals surface area contributed by atoms with Gasteiger partial charge in [0.2, 0.25) is 0 Å². The van der Waals surface area contributed by atoms with Crippen molar-refractivity contribution in [1.29, 1.82) is 0 Å². The first-order valence-electron chi connectivity index (χ1n) is 16.3. The van der Waals surface area contributed by atoms with E-state index in [1.54, 1.807) is 4.68 Å². The summed E-state index contributed by atoms with van der Waals surface area (Å²) in [5, 5.41) is 13.9. The zero-order chi connectivity index (χ0) is 33.3. The number of anilines is 3. The van der Waals surface area contributed by atoms with Crippen LogP contribution in [0.3, 0.4) is 0 Å². The number of hydrogen-bond donors (Lipinski definition) is 4. The van der Waals surface area contributed by atoms with E-state index in [2.05, 4.69) is 53.8 Å². The van der Waals surface area contributed by atoms with Gasteiger partial charge in [-0.15, -0.1) is 0 Å². The number of aromatic nitrogens is 2. The van der Waals surface area contributed by atoms with Crippen LogP contribution in [-0.4, -0.2) is 43.8 Å². The van der Waals surface area contributed by atoms with Gasteiger partial charge in [0.1, 0.15) is 5.82 Å². The highest BCUT2D eigenvalue weighted by Crippen LogP contribution is 2.41. The van der Waals surface area contributed by atoms with Crippen molar-refractivity contribution in [1.82, 2.24) is 14.7 Å². The molecule has 3 heterocycles. The highest BCUT2D eigenvalue weighted by atomic mass is 32.1. The van der Waals surface area contributed by atoms with E-state index >= 15 is 0 Å². The van der Waals surface area contributed by atoms with E-state index < -0.39 is 0 Å². The van der Waals surface area contributed by atoms with Gasteiger partial charge in [0.05, 0.1) is 11.4 Å². The van der Waals surface area contributed by atoms with Gasteiger partial charge in [0, 0.05) is 40.5 Å². The summed E-state index contributed by atoms with van der Waals surface area (Å²) in [4.78, 5) is 28.8. The number of nitrogens with one attached hydrogen (secondary N) is 3. The minimum atomic E-state index is -0.327. The Morgan fingerprint density at radius 1 is 0.894 bits per heavy atom. The normalized spacial score (nSPS) is 18.9. The van der Waals surface area contributed by atoms with Crippen LogP contribution in [0.5, 0.6) is 0 Å². The second kappa shape index (κ2) is 13.2. The fourth-order valence-corrected chi connectivity index (χ4v) is 6.98. The Balaban J connectivity index is 1.06. The number of carbonyl (C=O) groups excluding carboxylic acids is 2. The van der Waals surface area contributed by atoms with Crippen LogP contribution in [0.15, 0.2) is 78.9 Å². The Kier molecular flexibility index (Phi) is 9.05. The van der Waals surface area contributed by atoms with Crippen LogP contribution in [0.25, 0.3) is 5.69 Å². The lowest BCUT2D eigenvalue weighted by Crippen LogP contribution is -2.46. The fourth-order valence-electron chi connectivity index (χ4n) is 6.86. The van der Waals surface area contributed by atoms with Crippen molar-refractivity contribution in [2.45, 2.75) is 77.3 Å². The highest BCUT2D eigenvalue weighted by molar-refractivity contribution is 7.80. The Bertz CT molecular complexity index is 1760. The molecule has 244 valence electrons. The molecule has 4 aromatic rings. The number of thiocarbonyl (C=S) groups is 1. The van der Waals surface area contributed by atoms with Crippen LogP contribution in [-0.2, 0) is 11.8 Å². The average molecular weight is 650 g/mol. The monoisotopic (exact) mass is 649 g/mol. The van der Waals surface area contributed by atoms with Crippen LogP contribution in [0.2, 0.25) is 0 Å². The summed E-state index contributed by atoms with van der Waals surface area (Å²) in [7, 11) is 0. The quantitative estimate of drug-likeness (QED) is 0.155. The van der Waals surface area contributed by atoms with E-state index in [0.717, 1.165) is 60.4 Å². The van der Waals surface area contributed by atoms with E-state index in [-0.39, 0.29) is 34.5 Å². The Labute approximate surface area is 281 Å². The van der Waals surface area contributed by atoms with E-state index in [1.807, 2.05) is 73.7 Å². The molecule has 9 nitrogen and oxygen atoms in total. The van der Waals surface area contributed by atoms with Crippen molar-refractivity contribution < 1.29 is 9.59 Å². The third-order valence-corrected chi connectivity index (χ3v) is 9.28. The van der Waals surface area contributed by atoms with Crippen molar-refractivity contribution in [3.63, 3.8) is 0 Å². The van der Waals surface area contributed by atoms with Gasteiger partial charge in [0.25, 0.3) is 5.91 Å². The van der Waals surface area contributed by atoms with Crippen LogP contribution < -0.4 is 21.7 Å². The molecule has 2 aliphatic rings. The van der Waals surface area contributed by atoms with E-state index in [9.17, 15) is 9.59 Å². The summed E-state index contributed by atoms with van der Waals surface area (Å²) in [6.07, 6.45) is 4.99. The molecule has 2 aliphatic heterocycles. The molecule has 47 heavy (non-hydrogen) atoms. The lowest BCUT2D eigenvalue weighted by molar-refractivity contribution is 0.0524. The maximum absolute atomic E-state index is 13.5. The molecule has 2 atom stereocenters. The molecule has 1 aromatic heterocycles. The number of urea groups is 1. The molecule has 6 rings (SSSR count). The third-order valence-electron chi connectivity index (χ3n) is 9.18. The molecule has 10 heteroatoms. The van der Waals surface area contributed by atoms with Gasteiger partial charge >= 0.3 is 6.03 Å². The smallest absolute Gasteiger partial charge is 0.324 e. The van der Waals surface area contributed by atoms with Crippen molar-refractivity contribution in [2.24, 2.45) is 11.7 Å². The zero-order valence-electron chi connectivity index (χ0n) is 27.4. The van der Waals surface area contributed by atoms with Gasteiger partial charge in [-0.05, 0) is 105 Å². The number of amides is 3. The number of hydrogen-bond acceptors (Lipinski definition) is 4. The fraction of sp³-hybridized carbons (Fsp3) is 0.351. The number of carbonyl (C=O) groups is 2. The summed E-state index contributed by atoms with van der Waals surface area (Å²) >= 11 is 4.96. The van der Waals surface area contributed by atoms with Gasteiger partial charge < -0.3 is 21.3 Å². The van der Waals surface area contributed by atoms with Gasteiger partial charge in [-0.1, -0.05) is 56.7 Å². The molecular formula is C37H43N7O2S. The molecular weight excluding hydrogens is 607 g/mol. The van der Waals surface area contributed by atoms with Crippen LogP contribution in [0, 0.1) is 12.8 Å². The molecule has 0 radical (unpaired) electrons. The number of aryl methyl sites for hydroxylation is 1. The Morgan fingerprint density at radius 3 is 2.21 bits per heavy atom. The van der Waals surface area contributed by atoms with Crippen LogP contribution >= 0.6 is 12.2 Å². The molecule has 2 fully saturated rings. The second-order valence-corrected chi connectivity index (χ2v) is 14.3. The molecule has 0 aliphatic carbocycles. The number of nitrogens with zero attached hydrogens (tertiary/aromatic N) is 3. The van der Waals surface area contributed by atoms with E-state index in [4.69, 9.17) is 23.1 Å². The average Bonchev–Trinajstić information content (AvgIpc) is 3.56. The molecule has 3 aromatic carbocycles. The number of fused-ring (bicyclic) bond motifs is 2. The summed E-state index contributed by atoms with van der Waals surface area (Å²) in [6, 6.07) is 25.6. The second-order valence-electron chi connectivity index (χ2n) is 13.9. The summed E-state index contributed by atoms with van der Waals surface area (Å²) in [6.45, 7) is 8.35. The molecule has 2 saturated heterocycles. The number of piperidine rings is 1. The summed E-state index contributed by atoms with van der Waals surface area (Å²) in [5.41, 5.74) is 11.7. The standard InChI is InChI=1S/C37H43N7O2S/c1-23-8-14-29(15-9-23)44-33(22-32(42-44)37(2,3)4)41-36(46)40-27-12-10-24(11-13-27)18-25-19-30-16-17-31(20-25)43(30)34(45)26-6-5-7-28(21-26)39-35(38)47/h5-15,21-22,25,30-31H,16-20H2,1-4H3,(H3,38,39,47)(H2,40,41,46). The predicted molar refractivity (Wildman–Crippen MR) is 192 cm³/mol. The van der Waals surface area contributed by atoms with E-state index in [0.29, 0.717) is 17.3 Å². The van der Waals surface area contributed by atoms with Crippen LogP contribution in [0.4, 0.5) is 22.0 Å². The topological polar surface area (TPSA) is 117 Å². The number of nitrogens with two attached hydrogens (primary N) is 1. The van der Waals surface area contributed by atoms with Gasteiger partial charge in [0.15, 0.2) is 5.11 Å². The van der Waals surface area contributed by atoms with E-state index in [1.165, 1.54) is 5.56 Å². The van der Waals surface area contributed by atoms with Gasteiger partial charge in [-0.25, -0.2) is 9.48 Å². The predicted octanol–water partition coefficient (Wildman–Crippen LogP) is 7.40. The van der Waals surface area contributed by atoms with Crippen molar-refractivity contribution in [3.8, 4) is 5.69 Å². The third kappa shape index (κ3) is 7.49. The van der Waals surface area contributed by atoms with Crippen molar-refractivity contribution in [3.05, 3.63) is 101 Å². The minimum Gasteiger partial charge on any atom is -0.376 e. The first-order valence-corrected chi connectivity index (χ1v) is 16.7. The molecule has 5 N–H and O–H groups in total. The molecule has 0 saturated carbocycles. The molecule has 2 bridgehead atoms. The molecule has 0 spiro atoms. The lowest BCUT2D eigenvalue weighted by atomic mass is 9.85. The summed E-state index contributed by atoms with van der Waals surface area (Å²) in [5.74, 6) is 1.18. The van der Waals surface area contributed by atoms with Crippen LogP contribution in [0.1, 0.15) is 73.6 Å². The van der Waals surface area contributed by atoms with Crippen molar-refractivity contribution in [2.75, 3.05) is 16.0 Å². The first kappa shape index (κ1) is 32.2. The largest absolute Gasteiger partial charge is 0.376 e. The van der Waals surface area contributed by atoms with Crippen molar-refractivity contribution >= 4 is 46.5 Å². The zero-order valence-corrected chi connectivity index (χ0v) is 28.2. The molecule has 2 unspecified atom stereocenters. The first-order chi connectivity index (χ1) is 22.4. The van der Waals surface area contributed by atoms with Gasteiger partial charge in [-0.2, -0.15) is 5.10 Å². The number of rotatable bonds is 7. The highest BCUT2D eigenvalue weighted by Gasteiger charge is 2.43.